The summed E-state index contributed by atoms with van der Waals surface area (Å²) in [6, 6.07) is 4.66. The van der Waals surface area contributed by atoms with Gasteiger partial charge in [0.05, 0.1) is 19.4 Å². The van der Waals surface area contributed by atoms with Gasteiger partial charge in [-0.1, -0.05) is 5.16 Å². The van der Waals surface area contributed by atoms with E-state index in [4.69, 9.17) is 9.57 Å². The van der Waals surface area contributed by atoms with Crippen LogP contribution in [0, 0.1) is 5.82 Å². The van der Waals surface area contributed by atoms with Crippen molar-refractivity contribution in [2.75, 3.05) is 19.0 Å². The van der Waals surface area contributed by atoms with E-state index in [0.29, 0.717) is 30.8 Å². The van der Waals surface area contributed by atoms with Crippen LogP contribution in [0.15, 0.2) is 40.5 Å². The van der Waals surface area contributed by atoms with E-state index in [1.165, 1.54) is 13.2 Å². The van der Waals surface area contributed by atoms with Gasteiger partial charge in [0.2, 0.25) is 0 Å². The maximum atomic E-state index is 13.8. The normalized spacial score (nSPS) is 16.3. The number of aryl methyl sites for hydroxylation is 1. The zero-order chi connectivity index (χ0) is 17.8. The lowest BCUT2D eigenvalue weighted by molar-refractivity contribution is 0.0948. The highest BCUT2D eigenvalue weighted by Crippen LogP contribution is 2.22. The van der Waals surface area contributed by atoms with Gasteiger partial charge in [0.25, 0.3) is 5.56 Å². The molecule has 0 bridgehead atoms. The third-order valence-electron chi connectivity index (χ3n) is 3.97. The molecule has 1 aliphatic heterocycles. The molecule has 0 aliphatic carbocycles. The monoisotopic (exact) mass is 346 g/mol. The van der Waals surface area contributed by atoms with E-state index in [-0.39, 0.29) is 23.2 Å². The van der Waals surface area contributed by atoms with Gasteiger partial charge in [-0.3, -0.25) is 4.79 Å². The van der Waals surface area contributed by atoms with Crippen molar-refractivity contribution in [1.29, 1.82) is 0 Å². The van der Waals surface area contributed by atoms with Crippen LogP contribution in [0.5, 0.6) is 5.75 Å². The number of aromatic nitrogens is 2. The zero-order valence-electron chi connectivity index (χ0n) is 14.0. The number of methoxy groups -OCH3 is 1. The molecule has 1 aromatic heterocycles. The highest BCUT2D eigenvalue weighted by atomic mass is 19.1. The van der Waals surface area contributed by atoms with E-state index in [1.54, 1.807) is 29.1 Å². The van der Waals surface area contributed by atoms with Crippen LogP contribution >= 0.6 is 0 Å². The molecule has 0 saturated heterocycles. The maximum absolute atomic E-state index is 13.8. The minimum atomic E-state index is -0.446. The standard InChI is InChI=1S/C17H19FN4O3/c1-3-22-7-6-19-16(17(22)23)20-10-12-9-14(21-25-12)11-4-5-15(24-2)13(18)8-11/h4-8,12H,3,9-10H2,1-2H3,(H,19,20)/t12-/m1/s1. The second-order valence-corrected chi connectivity index (χ2v) is 5.57. The summed E-state index contributed by atoms with van der Waals surface area (Å²) in [5.41, 5.74) is 1.12. The number of benzene rings is 1. The smallest absolute Gasteiger partial charge is 0.293 e. The second kappa shape index (κ2) is 7.33. The Morgan fingerprint density at radius 1 is 1.48 bits per heavy atom. The first-order valence-electron chi connectivity index (χ1n) is 7.98. The van der Waals surface area contributed by atoms with Gasteiger partial charge >= 0.3 is 0 Å². The van der Waals surface area contributed by atoms with Gasteiger partial charge in [-0.25, -0.2) is 9.37 Å². The molecule has 1 N–H and O–H groups in total. The average Bonchev–Trinajstić information content (AvgIpc) is 3.10. The molecule has 25 heavy (non-hydrogen) atoms. The van der Waals surface area contributed by atoms with E-state index >= 15 is 0 Å². The van der Waals surface area contributed by atoms with E-state index in [0.717, 1.165) is 0 Å². The SMILES string of the molecule is CCn1ccnc(NC[C@H]2CC(c3ccc(OC)c(F)c3)=NO2)c1=O. The molecule has 1 aromatic carbocycles. The Hall–Kier alpha value is -2.90. The summed E-state index contributed by atoms with van der Waals surface area (Å²) in [4.78, 5) is 21.5. The predicted octanol–water partition coefficient (Wildman–Crippen LogP) is 2.02. The number of nitrogens with one attached hydrogen (secondary N) is 1. The van der Waals surface area contributed by atoms with Gasteiger partial charge in [0.1, 0.15) is 6.10 Å². The largest absolute Gasteiger partial charge is 0.494 e. The van der Waals surface area contributed by atoms with Crippen molar-refractivity contribution in [3.63, 3.8) is 0 Å². The van der Waals surface area contributed by atoms with Gasteiger partial charge in [0, 0.05) is 30.9 Å². The third-order valence-corrected chi connectivity index (χ3v) is 3.97. The van der Waals surface area contributed by atoms with Crippen molar-refractivity contribution in [1.82, 2.24) is 9.55 Å². The Labute approximate surface area is 144 Å². The van der Waals surface area contributed by atoms with Crippen molar-refractivity contribution in [2.45, 2.75) is 26.0 Å². The number of anilines is 1. The maximum Gasteiger partial charge on any atom is 0.293 e. The molecule has 0 saturated carbocycles. The van der Waals surface area contributed by atoms with Crippen LogP contribution in [0.3, 0.4) is 0 Å². The topological polar surface area (TPSA) is 77.7 Å². The first-order valence-corrected chi connectivity index (χ1v) is 7.98. The fourth-order valence-electron chi connectivity index (χ4n) is 2.58. The van der Waals surface area contributed by atoms with E-state index in [2.05, 4.69) is 15.5 Å². The predicted molar refractivity (Wildman–Crippen MR) is 91.6 cm³/mol. The van der Waals surface area contributed by atoms with Gasteiger partial charge in [0.15, 0.2) is 17.4 Å². The molecule has 8 heteroatoms. The summed E-state index contributed by atoms with van der Waals surface area (Å²) >= 11 is 0. The van der Waals surface area contributed by atoms with Crippen molar-refractivity contribution in [3.8, 4) is 5.75 Å². The Morgan fingerprint density at radius 3 is 3.04 bits per heavy atom. The molecule has 0 unspecified atom stereocenters. The number of hydrogen-bond acceptors (Lipinski definition) is 6. The fourth-order valence-corrected chi connectivity index (χ4v) is 2.58. The quantitative estimate of drug-likeness (QED) is 0.866. The van der Waals surface area contributed by atoms with E-state index in [9.17, 15) is 9.18 Å². The Morgan fingerprint density at radius 2 is 2.32 bits per heavy atom. The Bertz CT molecular complexity index is 850. The van der Waals surface area contributed by atoms with Crippen LogP contribution in [0.25, 0.3) is 0 Å². The second-order valence-electron chi connectivity index (χ2n) is 5.57. The van der Waals surface area contributed by atoms with Crippen molar-refractivity contribution < 1.29 is 14.0 Å². The lowest BCUT2D eigenvalue weighted by atomic mass is 10.0. The van der Waals surface area contributed by atoms with E-state index < -0.39 is 5.82 Å². The number of rotatable bonds is 6. The molecule has 0 radical (unpaired) electrons. The summed E-state index contributed by atoms with van der Waals surface area (Å²) in [5.74, 6) is 0.0126. The summed E-state index contributed by atoms with van der Waals surface area (Å²) < 4.78 is 20.3. The summed E-state index contributed by atoms with van der Waals surface area (Å²) in [7, 11) is 1.42. The molecule has 1 atom stereocenters. The Balaban J connectivity index is 1.61. The van der Waals surface area contributed by atoms with Crippen LogP contribution in [-0.4, -0.2) is 35.0 Å². The zero-order valence-corrected chi connectivity index (χ0v) is 14.0. The van der Waals surface area contributed by atoms with Gasteiger partial charge < -0.3 is 19.5 Å². The molecule has 2 aromatic rings. The van der Waals surface area contributed by atoms with Gasteiger partial charge in [-0.15, -0.1) is 0 Å². The molecule has 7 nitrogen and oxygen atoms in total. The molecule has 2 heterocycles. The van der Waals surface area contributed by atoms with Crippen LogP contribution in [0.4, 0.5) is 10.2 Å². The fraction of sp³-hybridized carbons (Fsp3) is 0.353. The Kier molecular flexibility index (Phi) is 4.97. The summed E-state index contributed by atoms with van der Waals surface area (Å²) in [6.07, 6.45) is 3.47. The van der Waals surface area contributed by atoms with Crippen molar-refractivity contribution in [3.05, 3.63) is 52.3 Å². The summed E-state index contributed by atoms with van der Waals surface area (Å²) in [6.45, 7) is 2.84. The molecule has 1 aliphatic rings. The third kappa shape index (κ3) is 3.62. The first-order chi connectivity index (χ1) is 12.1. The molecule has 0 fully saturated rings. The molecule has 0 amide bonds. The first kappa shape index (κ1) is 16.9. The average molecular weight is 346 g/mol. The van der Waals surface area contributed by atoms with Crippen molar-refractivity contribution >= 4 is 11.5 Å². The number of halogens is 1. The van der Waals surface area contributed by atoms with Crippen molar-refractivity contribution in [2.24, 2.45) is 5.16 Å². The highest BCUT2D eigenvalue weighted by molar-refractivity contribution is 6.01. The molecular weight excluding hydrogens is 327 g/mol. The lowest BCUT2D eigenvalue weighted by Crippen LogP contribution is -2.28. The minimum absolute atomic E-state index is 0.179. The van der Waals surface area contributed by atoms with Crippen LogP contribution < -0.4 is 15.6 Å². The van der Waals surface area contributed by atoms with E-state index in [1.807, 2.05) is 6.92 Å². The number of nitrogens with zero attached hydrogens (tertiary/aromatic N) is 3. The lowest BCUT2D eigenvalue weighted by Gasteiger charge is -2.11. The summed E-state index contributed by atoms with van der Waals surface area (Å²) in [5, 5.41) is 7.01. The molecular formula is C17H19FN4O3. The highest BCUT2D eigenvalue weighted by Gasteiger charge is 2.23. The number of oxime groups is 1. The minimum Gasteiger partial charge on any atom is -0.494 e. The number of ether oxygens (including phenoxy) is 1. The van der Waals surface area contributed by atoms with Gasteiger partial charge in [-0.2, -0.15) is 0 Å². The molecule has 0 spiro atoms. The molecule has 3 rings (SSSR count). The van der Waals surface area contributed by atoms with Crippen LogP contribution in [0.2, 0.25) is 0 Å². The molecule has 132 valence electrons. The van der Waals surface area contributed by atoms with Gasteiger partial charge in [-0.05, 0) is 25.1 Å². The number of hydrogen-bond donors (Lipinski definition) is 1. The van der Waals surface area contributed by atoms with Crippen LogP contribution in [0.1, 0.15) is 18.9 Å². The van der Waals surface area contributed by atoms with Crippen LogP contribution in [-0.2, 0) is 11.4 Å².